The molecule has 0 radical (unpaired) electrons. The lowest BCUT2D eigenvalue weighted by molar-refractivity contribution is -0.161. The van der Waals surface area contributed by atoms with Gasteiger partial charge in [-0.05, 0) is 60.1 Å². The van der Waals surface area contributed by atoms with Crippen LogP contribution in [-0.4, -0.2) is 53.7 Å². The molecule has 178 valence electrons. The number of hydrogen-bond acceptors (Lipinski definition) is 5. The van der Waals surface area contributed by atoms with Crippen LogP contribution in [0.25, 0.3) is 6.08 Å². The summed E-state index contributed by atoms with van der Waals surface area (Å²) in [4.78, 5) is 38.4. The first-order chi connectivity index (χ1) is 14.6. The second-order valence-corrected chi connectivity index (χ2v) is 9.60. The third-order valence-electron chi connectivity index (χ3n) is 3.94. The maximum atomic E-state index is 13.9. The van der Waals surface area contributed by atoms with Crippen LogP contribution in [0, 0.1) is 5.82 Å². The van der Waals surface area contributed by atoms with Crippen LogP contribution in [-0.2, 0) is 19.1 Å². The monoisotopic (exact) mass is 470 g/mol. The predicted octanol–water partition coefficient (Wildman–Crippen LogP) is 4.58. The highest BCUT2D eigenvalue weighted by molar-refractivity contribution is 6.30. The quantitative estimate of drug-likeness (QED) is 0.466. The summed E-state index contributed by atoms with van der Waals surface area (Å²) in [7, 11) is 1.44. The lowest BCUT2D eigenvalue weighted by Crippen LogP contribution is -2.48. The molecule has 0 fully saturated rings. The van der Waals surface area contributed by atoms with Gasteiger partial charge in [0, 0.05) is 25.2 Å². The molecule has 0 saturated carbocycles. The number of nitrogens with one attached hydrogen (secondary N) is 1. The van der Waals surface area contributed by atoms with E-state index in [2.05, 4.69) is 5.32 Å². The molecule has 1 unspecified atom stereocenters. The molecule has 0 saturated heterocycles. The summed E-state index contributed by atoms with van der Waals surface area (Å²) >= 11 is 5.72. The minimum Gasteiger partial charge on any atom is -0.458 e. The van der Waals surface area contributed by atoms with Crippen molar-refractivity contribution in [3.05, 3.63) is 40.7 Å². The lowest BCUT2D eigenvalue weighted by Gasteiger charge is -2.31. The van der Waals surface area contributed by atoms with Gasteiger partial charge in [0.2, 0.25) is 5.91 Å². The summed E-state index contributed by atoms with van der Waals surface area (Å²) in [6, 6.07) is 3.49. The van der Waals surface area contributed by atoms with Crippen LogP contribution in [0.4, 0.5) is 9.18 Å². The van der Waals surface area contributed by atoms with Crippen LogP contribution in [0.3, 0.4) is 0 Å². The summed E-state index contributed by atoms with van der Waals surface area (Å²) in [5, 5.41) is 2.57. The van der Waals surface area contributed by atoms with Crippen LogP contribution >= 0.6 is 11.6 Å². The van der Waals surface area contributed by atoms with Gasteiger partial charge in [-0.25, -0.2) is 14.0 Å². The van der Waals surface area contributed by atoms with E-state index in [1.807, 2.05) is 0 Å². The van der Waals surface area contributed by atoms with Crippen LogP contribution in [0.15, 0.2) is 24.3 Å². The zero-order valence-electron chi connectivity index (χ0n) is 19.6. The zero-order chi connectivity index (χ0) is 24.7. The van der Waals surface area contributed by atoms with Gasteiger partial charge in [-0.1, -0.05) is 23.7 Å². The number of carbonyl (C=O) groups excluding carboxylic acids is 3. The third kappa shape index (κ3) is 9.68. The van der Waals surface area contributed by atoms with Gasteiger partial charge < -0.3 is 14.8 Å². The molecule has 0 spiro atoms. The maximum absolute atomic E-state index is 13.9. The Morgan fingerprint density at radius 3 is 2.28 bits per heavy atom. The van der Waals surface area contributed by atoms with Crippen molar-refractivity contribution in [1.29, 1.82) is 0 Å². The van der Waals surface area contributed by atoms with Gasteiger partial charge in [0.1, 0.15) is 23.1 Å². The van der Waals surface area contributed by atoms with Crippen LogP contribution in [0.1, 0.15) is 53.5 Å². The Labute approximate surface area is 193 Å². The van der Waals surface area contributed by atoms with E-state index in [4.69, 9.17) is 21.1 Å². The number of benzene rings is 1. The van der Waals surface area contributed by atoms with Crippen LogP contribution in [0.5, 0.6) is 0 Å². The first-order valence-electron chi connectivity index (χ1n) is 10.2. The Balaban J connectivity index is 2.81. The number of likely N-dealkylation sites (N-methyl/N-ethyl adjacent to an activating group) is 1. The SMILES string of the molecule is CN(C(=O)OC(C)(C)C)C(CCNC(=O)/C=C/c1cccc(Cl)c1F)C(=O)OC(C)(C)C. The smallest absolute Gasteiger partial charge is 0.410 e. The summed E-state index contributed by atoms with van der Waals surface area (Å²) in [5.74, 6) is -1.73. The second kappa shape index (κ2) is 11.3. The number of nitrogens with zero attached hydrogens (tertiary/aromatic N) is 1. The lowest BCUT2D eigenvalue weighted by atomic mass is 10.1. The summed E-state index contributed by atoms with van der Waals surface area (Å²) in [6.07, 6.45) is 1.87. The van der Waals surface area contributed by atoms with E-state index in [0.717, 1.165) is 11.0 Å². The van der Waals surface area contributed by atoms with Crippen LogP contribution in [0.2, 0.25) is 5.02 Å². The number of esters is 1. The highest BCUT2D eigenvalue weighted by atomic mass is 35.5. The number of amides is 2. The number of halogens is 2. The molecule has 0 aliphatic heterocycles. The van der Waals surface area contributed by atoms with Crippen molar-refractivity contribution >= 4 is 35.6 Å². The average molecular weight is 471 g/mol. The third-order valence-corrected chi connectivity index (χ3v) is 4.23. The molecule has 7 nitrogen and oxygen atoms in total. The van der Waals surface area contributed by atoms with Crippen molar-refractivity contribution in [1.82, 2.24) is 10.2 Å². The minimum atomic E-state index is -0.973. The van der Waals surface area contributed by atoms with Crippen molar-refractivity contribution in [2.24, 2.45) is 0 Å². The normalized spacial score (nSPS) is 12.9. The molecular weight excluding hydrogens is 439 g/mol. The van der Waals surface area contributed by atoms with Crippen molar-refractivity contribution in [3.8, 4) is 0 Å². The van der Waals surface area contributed by atoms with E-state index in [1.165, 1.54) is 25.3 Å². The molecule has 1 aromatic rings. The van der Waals surface area contributed by atoms with E-state index in [0.29, 0.717) is 0 Å². The molecule has 0 aliphatic rings. The average Bonchev–Trinajstić information content (AvgIpc) is 2.63. The van der Waals surface area contributed by atoms with Crippen molar-refractivity contribution in [2.75, 3.05) is 13.6 Å². The van der Waals surface area contributed by atoms with E-state index in [1.54, 1.807) is 47.6 Å². The Morgan fingerprint density at radius 1 is 1.12 bits per heavy atom. The molecule has 32 heavy (non-hydrogen) atoms. The maximum Gasteiger partial charge on any atom is 0.410 e. The number of ether oxygens (including phenoxy) is 2. The Morgan fingerprint density at radius 2 is 1.72 bits per heavy atom. The standard InChI is InChI=1S/C23H32ClFN2O5/c1-22(2,3)31-20(29)17(27(7)21(30)32-23(4,5)6)13-14-26-18(28)12-11-15-9-8-10-16(24)19(15)25/h8-12,17H,13-14H2,1-7H3,(H,26,28)/b12-11+. The second-order valence-electron chi connectivity index (χ2n) is 9.20. The molecule has 9 heteroatoms. The molecule has 1 rings (SSSR count). The molecule has 0 aromatic heterocycles. The molecule has 1 atom stereocenters. The van der Waals surface area contributed by atoms with Crippen molar-refractivity contribution in [2.45, 2.75) is 65.2 Å². The highest BCUT2D eigenvalue weighted by Gasteiger charge is 2.33. The fourth-order valence-electron chi connectivity index (χ4n) is 2.51. The van der Waals surface area contributed by atoms with Gasteiger partial charge in [0.15, 0.2) is 0 Å². The molecule has 0 aliphatic carbocycles. The van der Waals surface area contributed by atoms with Gasteiger partial charge in [0.05, 0.1) is 5.02 Å². The van der Waals surface area contributed by atoms with E-state index >= 15 is 0 Å². The Hall–Kier alpha value is -2.61. The largest absolute Gasteiger partial charge is 0.458 e. The summed E-state index contributed by atoms with van der Waals surface area (Å²) < 4.78 is 24.7. The first-order valence-corrected chi connectivity index (χ1v) is 10.6. The number of carbonyl (C=O) groups is 3. The summed E-state index contributed by atoms with van der Waals surface area (Å²) in [5.41, 5.74) is -1.32. The molecule has 0 bridgehead atoms. The molecule has 2 amide bonds. The van der Waals surface area contributed by atoms with Crippen LogP contribution < -0.4 is 5.32 Å². The number of rotatable bonds is 7. The van der Waals surface area contributed by atoms with Gasteiger partial charge in [-0.3, -0.25) is 9.69 Å². The van der Waals surface area contributed by atoms with Gasteiger partial charge >= 0.3 is 12.1 Å². The van der Waals surface area contributed by atoms with Gasteiger partial charge in [-0.2, -0.15) is 0 Å². The summed E-state index contributed by atoms with van der Waals surface area (Å²) in [6.45, 7) is 10.4. The molecule has 1 N–H and O–H groups in total. The fraction of sp³-hybridized carbons (Fsp3) is 0.522. The van der Waals surface area contributed by atoms with E-state index in [9.17, 15) is 18.8 Å². The van der Waals surface area contributed by atoms with Gasteiger partial charge in [0.25, 0.3) is 0 Å². The van der Waals surface area contributed by atoms with Crippen molar-refractivity contribution < 1.29 is 28.2 Å². The highest BCUT2D eigenvalue weighted by Crippen LogP contribution is 2.19. The Kier molecular flexibility index (Phi) is 9.70. The fourth-order valence-corrected chi connectivity index (χ4v) is 2.69. The predicted molar refractivity (Wildman–Crippen MR) is 122 cm³/mol. The van der Waals surface area contributed by atoms with E-state index in [-0.39, 0.29) is 23.6 Å². The number of hydrogen-bond donors (Lipinski definition) is 1. The van der Waals surface area contributed by atoms with E-state index < -0.39 is 41.0 Å². The first kappa shape index (κ1) is 27.4. The molecular formula is C23H32ClFN2O5. The topological polar surface area (TPSA) is 84.9 Å². The minimum absolute atomic E-state index is 0.0436. The van der Waals surface area contributed by atoms with Gasteiger partial charge in [-0.15, -0.1) is 0 Å². The Bertz CT molecular complexity index is 859. The zero-order valence-corrected chi connectivity index (χ0v) is 20.4. The molecule has 1 aromatic carbocycles. The molecule has 0 heterocycles. The van der Waals surface area contributed by atoms with Crippen molar-refractivity contribution in [3.63, 3.8) is 0 Å².